The third-order valence-corrected chi connectivity index (χ3v) is 3.35. The van der Waals surface area contributed by atoms with Crippen LogP contribution in [0.3, 0.4) is 0 Å². The van der Waals surface area contributed by atoms with Crippen LogP contribution in [-0.2, 0) is 0 Å². The van der Waals surface area contributed by atoms with Crippen molar-refractivity contribution in [3.63, 3.8) is 0 Å². The number of hydrogen-bond acceptors (Lipinski definition) is 4. The molecule has 3 aromatic rings. The van der Waals surface area contributed by atoms with Crippen molar-refractivity contribution in [1.82, 2.24) is 19.6 Å². The van der Waals surface area contributed by atoms with E-state index in [1.165, 1.54) is 6.33 Å². The van der Waals surface area contributed by atoms with Gasteiger partial charge in [-0.25, -0.2) is 4.98 Å². The third kappa shape index (κ3) is 2.42. The molecule has 0 aliphatic heterocycles. The Kier molecular flexibility index (Phi) is 3.46. The molecule has 3 rings (SSSR count). The van der Waals surface area contributed by atoms with Crippen LogP contribution in [0, 0.1) is 0 Å². The summed E-state index contributed by atoms with van der Waals surface area (Å²) in [6.45, 7) is 1.90. The minimum atomic E-state index is -0.263. The lowest BCUT2D eigenvalue weighted by Crippen LogP contribution is -2.10. The van der Waals surface area contributed by atoms with E-state index in [4.69, 9.17) is 27.9 Å². The zero-order valence-electron chi connectivity index (χ0n) is 10.5. The summed E-state index contributed by atoms with van der Waals surface area (Å²) in [5.74, 6) is 1.09. The maximum atomic E-state index is 6.10. The summed E-state index contributed by atoms with van der Waals surface area (Å²) in [6.07, 6.45) is 2.86. The Morgan fingerprint density at radius 3 is 2.85 bits per heavy atom. The van der Waals surface area contributed by atoms with Gasteiger partial charge in [-0.3, -0.25) is 0 Å². The van der Waals surface area contributed by atoms with Crippen molar-refractivity contribution in [2.45, 2.75) is 13.0 Å². The van der Waals surface area contributed by atoms with Crippen LogP contribution in [0.1, 0.15) is 18.7 Å². The summed E-state index contributed by atoms with van der Waals surface area (Å²) in [4.78, 5) is 8.15. The smallest absolute Gasteiger partial charge is 0.252 e. The molecule has 2 aromatic heterocycles. The van der Waals surface area contributed by atoms with E-state index in [-0.39, 0.29) is 6.10 Å². The molecule has 102 valence electrons. The van der Waals surface area contributed by atoms with E-state index in [0.29, 0.717) is 21.6 Å². The van der Waals surface area contributed by atoms with E-state index in [9.17, 15) is 0 Å². The zero-order chi connectivity index (χ0) is 14.1. The van der Waals surface area contributed by atoms with Gasteiger partial charge in [0.05, 0.1) is 10.7 Å². The molecule has 0 amide bonds. The number of ether oxygens (including phenoxy) is 1. The molecule has 7 heteroatoms. The van der Waals surface area contributed by atoms with Crippen molar-refractivity contribution >= 4 is 29.0 Å². The molecule has 0 bridgehead atoms. The molecule has 0 saturated heterocycles. The Hall–Kier alpha value is -1.85. The molecule has 1 atom stereocenters. The van der Waals surface area contributed by atoms with Gasteiger partial charge in [-0.05, 0) is 31.2 Å². The lowest BCUT2D eigenvalue weighted by Gasteiger charge is -2.16. The largest absolute Gasteiger partial charge is 0.483 e. The lowest BCUT2D eigenvalue weighted by atomic mass is 10.2. The molecule has 0 radical (unpaired) electrons. The predicted molar refractivity (Wildman–Crippen MR) is 76.3 cm³/mol. The van der Waals surface area contributed by atoms with Crippen LogP contribution in [0.5, 0.6) is 5.75 Å². The van der Waals surface area contributed by atoms with Crippen LogP contribution < -0.4 is 4.74 Å². The van der Waals surface area contributed by atoms with E-state index in [1.54, 1.807) is 28.9 Å². The van der Waals surface area contributed by atoms with Crippen LogP contribution in [0.15, 0.2) is 36.8 Å². The van der Waals surface area contributed by atoms with Crippen LogP contribution >= 0.6 is 23.2 Å². The second-order valence-corrected chi connectivity index (χ2v) is 5.02. The fourth-order valence-corrected chi connectivity index (χ4v) is 2.34. The maximum absolute atomic E-state index is 6.10. The van der Waals surface area contributed by atoms with Crippen molar-refractivity contribution in [3.8, 4) is 5.75 Å². The molecule has 0 aliphatic carbocycles. The summed E-state index contributed by atoms with van der Waals surface area (Å²) in [5, 5.41) is 5.16. The van der Waals surface area contributed by atoms with E-state index in [2.05, 4.69) is 15.1 Å². The van der Waals surface area contributed by atoms with E-state index in [1.807, 2.05) is 13.0 Å². The molecular weight excluding hydrogens is 299 g/mol. The Labute approximate surface area is 125 Å². The summed E-state index contributed by atoms with van der Waals surface area (Å²) < 4.78 is 7.49. The van der Waals surface area contributed by atoms with Gasteiger partial charge in [-0.1, -0.05) is 23.2 Å². The van der Waals surface area contributed by atoms with Gasteiger partial charge in [-0.15, -0.1) is 0 Å². The number of fused-ring (bicyclic) bond motifs is 1. The highest BCUT2D eigenvalue weighted by atomic mass is 35.5. The quantitative estimate of drug-likeness (QED) is 0.742. The number of benzene rings is 1. The number of nitrogens with zero attached hydrogens (tertiary/aromatic N) is 4. The van der Waals surface area contributed by atoms with Crippen molar-refractivity contribution in [1.29, 1.82) is 0 Å². The van der Waals surface area contributed by atoms with E-state index < -0.39 is 0 Å². The topological polar surface area (TPSA) is 52.3 Å². The van der Waals surface area contributed by atoms with Gasteiger partial charge in [0, 0.05) is 11.2 Å². The SMILES string of the molecule is C[C@H](Oc1ccc(Cl)cc1Cl)c1ccnc2ncnn12. The number of hydrogen-bond donors (Lipinski definition) is 0. The highest BCUT2D eigenvalue weighted by Crippen LogP contribution is 2.31. The van der Waals surface area contributed by atoms with Gasteiger partial charge < -0.3 is 4.74 Å². The van der Waals surface area contributed by atoms with Gasteiger partial charge >= 0.3 is 0 Å². The van der Waals surface area contributed by atoms with Crippen LogP contribution in [0.25, 0.3) is 5.78 Å². The first-order valence-electron chi connectivity index (χ1n) is 5.91. The molecule has 0 unspecified atom stereocenters. The number of halogens is 2. The highest BCUT2D eigenvalue weighted by Gasteiger charge is 2.14. The molecule has 0 saturated carbocycles. The van der Waals surface area contributed by atoms with Gasteiger partial charge in [0.2, 0.25) is 0 Å². The molecule has 0 fully saturated rings. The standard InChI is InChI=1S/C13H10Cl2N4O/c1-8(20-12-3-2-9(14)6-10(12)15)11-4-5-16-13-17-7-18-19(11)13/h2-8H,1H3/t8-/m0/s1. The molecule has 0 N–H and O–H groups in total. The summed E-state index contributed by atoms with van der Waals surface area (Å²) in [5.41, 5.74) is 0.832. The van der Waals surface area contributed by atoms with Crippen LogP contribution in [0.2, 0.25) is 10.0 Å². The molecule has 1 aromatic carbocycles. The van der Waals surface area contributed by atoms with Crippen molar-refractivity contribution in [3.05, 3.63) is 52.5 Å². The molecule has 0 spiro atoms. The number of aromatic nitrogens is 4. The average molecular weight is 309 g/mol. The Morgan fingerprint density at radius 2 is 2.05 bits per heavy atom. The van der Waals surface area contributed by atoms with E-state index >= 15 is 0 Å². The molecule has 5 nitrogen and oxygen atoms in total. The second-order valence-electron chi connectivity index (χ2n) is 4.18. The summed E-state index contributed by atoms with van der Waals surface area (Å²) in [7, 11) is 0. The maximum Gasteiger partial charge on any atom is 0.252 e. The second kappa shape index (κ2) is 5.26. The highest BCUT2D eigenvalue weighted by molar-refractivity contribution is 6.35. The first-order valence-corrected chi connectivity index (χ1v) is 6.67. The van der Waals surface area contributed by atoms with Crippen molar-refractivity contribution < 1.29 is 4.74 Å². The molecule has 20 heavy (non-hydrogen) atoms. The molecular formula is C13H10Cl2N4O. The number of rotatable bonds is 3. The third-order valence-electron chi connectivity index (χ3n) is 2.82. The van der Waals surface area contributed by atoms with Gasteiger partial charge in [-0.2, -0.15) is 14.6 Å². The first kappa shape index (κ1) is 13.1. The van der Waals surface area contributed by atoms with Gasteiger partial charge in [0.25, 0.3) is 5.78 Å². The first-order chi connectivity index (χ1) is 9.65. The lowest BCUT2D eigenvalue weighted by molar-refractivity contribution is 0.219. The predicted octanol–water partition coefficient (Wildman–Crippen LogP) is 3.57. The monoisotopic (exact) mass is 308 g/mol. The fourth-order valence-electron chi connectivity index (χ4n) is 1.89. The minimum Gasteiger partial charge on any atom is -0.483 e. The van der Waals surface area contributed by atoms with Gasteiger partial charge in [0.1, 0.15) is 18.2 Å². The summed E-state index contributed by atoms with van der Waals surface area (Å²) >= 11 is 12.0. The normalized spacial score (nSPS) is 12.6. The zero-order valence-corrected chi connectivity index (χ0v) is 12.0. The average Bonchev–Trinajstić information content (AvgIpc) is 2.90. The fraction of sp³-hybridized carbons (Fsp3) is 0.154. The Bertz CT molecular complexity index is 759. The minimum absolute atomic E-state index is 0.263. The Morgan fingerprint density at radius 1 is 1.20 bits per heavy atom. The molecule has 2 heterocycles. The van der Waals surface area contributed by atoms with Crippen molar-refractivity contribution in [2.24, 2.45) is 0 Å². The Balaban J connectivity index is 1.93. The molecule has 0 aliphatic rings. The van der Waals surface area contributed by atoms with Crippen LogP contribution in [0.4, 0.5) is 0 Å². The van der Waals surface area contributed by atoms with Crippen molar-refractivity contribution in [2.75, 3.05) is 0 Å². The summed E-state index contributed by atoms with van der Waals surface area (Å²) in [6, 6.07) is 6.94. The van der Waals surface area contributed by atoms with Gasteiger partial charge in [0.15, 0.2) is 0 Å². The van der Waals surface area contributed by atoms with E-state index in [0.717, 1.165) is 5.69 Å². The van der Waals surface area contributed by atoms with Crippen LogP contribution in [-0.4, -0.2) is 19.6 Å².